The molecule has 1 aromatic carbocycles. The van der Waals surface area contributed by atoms with Crippen LogP contribution in [-0.2, 0) is 4.74 Å². The van der Waals surface area contributed by atoms with E-state index in [1.165, 1.54) is 12.1 Å². The second kappa shape index (κ2) is 6.35. The maximum absolute atomic E-state index is 13.1. The highest BCUT2D eigenvalue weighted by atomic mass is 19.2. The van der Waals surface area contributed by atoms with E-state index in [0.717, 1.165) is 12.5 Å². The summed E-state index contributed by atoms with van der Waals surface area (Å²) in [6.07, 6.45) is 0.953. The van der Waals surface area contributed by atoms with Crippen molar-refractivity contribution in [1.29, 1.82) is 0 Å². The van der Waals surface area contributed by atoms with Crippen molar-refractivity contribution in [3.63, 3.8) is 0 Å². The van der Waals surface area contributed by atoms with Gasteiger partial charge in [-0.1, -0.05) is 13.0 Å². The smallest absolute Gasteiger partial charge is 0.181 e. The maximum atomic E-state index is 13.1. The summed E-state index contributed by atoms with van der Waals surface area (Å²) in [5.74, 6) is -1.68. The molecular formula is C11H15F2NO. The number of hydrogen-bond acceptors (Lipinski definition) is 2. The van der Waals surface area contributed by atoms with Crippen molar-refractivity contribution in [3.8, 4) is 0 Å². The van der Waals surface area contributed by atoms with Crippen LogP contribution in [0, 0.1) is 11.6 Å². The van der Waals surface area contributed by atoms with Crippen LogP contribution in [0.1, 0.15) is 13.3 Å². The maximum Gasteiger partial charge on any atom is 0.181 e. The normalized spacial score (nSPS) is 10.3. The van der Waals surface area contributed by atoms with Gasteiger partial charge in [-0.05, 0) is 18.6 Å². The molecule has 0 radical (unpaired) electrons. The lowest BCUT2D eigenvalue weighted by molar-refractivity contribution is 0.144. The largest absolute Gasteiger partial charge is 0.380 e. The molecule has 0 fully saturated rings. The lowest BCUT2D eigenvalue weighted by Crippen LogP contribution is -2.11. The first-order valence-corrected chi connectivity index (χ1v) is 5.01. The Kier molecular flexibility index (Phi) is 5.04. The van der Waals surface area contributed by atoms with Gasteiger partial charge in [0.2, 0.25) is 0 Å². The van der Waals surface area contributed by atoms with Crippen LogP contribution < -0.4 is 5.32 Å². The van der Waals surface area contributed by atoms with E-state index in [4.69, 9.17) is 4.74 Å². The molecule has 0 aliphatic rings. The second-order valence-corrected chi connectivity index (χ2v) is 3.14. The highest BCUT2D eigenvalue weighted by Crippen LogP contribution is 2.15. The minimum absolute atomic E-state index is 0.176. The minimum Gasteiger partial charge on any atom is -0.380 e. The second-order valence-electron chi connectivity index (χ2n) is 3.14. The van der Waals surface area contributed by atoms with Gasteiger partial charge in [0.05, 0.1) is 12.3 Å². The standard InChI is InChI=1S/C11H15F2NO/c1-2-7-15-8-6-14-10-5-3-4-9(12)11(10)13/h3-5,14H,2,6-8H2,1H3. The van der Waals surface area contributed by atoms with Crippen LogP contribution in [0.3, 0.4) is 0 Å². The summed E-state index contributed by atoms with van der Waals surface area (Å²) in [5, 5.41) is 2.77. The first kappa shape index (κ1) is 11.9. The molecule has 0 saturated carbocycles. The molecule has 0 saturated heterocycles. The molecule has 1 N–H and O–H groups in total. The number of rotatable bonds is 6. The topological polar surface area (TPSA) is 21.3 Å². The lowest BCUT2D eigenvalue weighted by Gasteiger charge is -2.07. The van der Waals surface area contributed by atoms with Crippen LogP contribution in [0.4, 0.5) is 14.5 Å². The Balaban J connectivity index is 2.34. The van der Waals surface area contributed by atoms with Gasteiger partial charge < -0.3 is 10.1 Å². The summed E-state index contributed by atoms with van der Waals surface area (Å²) < 4.78 is 31.1. The summed E-state index contributed by atoms with van der Waals surface area (Å²) in [4.78, 5) is 0. The number of ether oxygens (including phenoxy) is 1. The molecule has 0 aromatic heterocycles. The number of nitrogens with one attached hydrogen (secondary N) is 1. The molecule has 0 amide bonds. The van der Waals surface area contributed by atoms with Gasteiger partial charge in [-0.25, -0.2) is 8.78 Å². The zero-order chi connectivity index (χ0) is 11.1. The van der Waals surface area contributed by atoms with Gasteiger partial charge >= 0.3 is 0 Å². The van der Waals surface area contributed by atoms with Gasteiger partial charge in [0.1, 0.15) is 0 Å². The molecule has 84 valence electrons. The molecule has 1 aromatic rings. The number of anilines is 1. The quantitative estimate of drug-likeness (QED) is 0.737. The predicted octanol–water partition coefficient (Wildman–Crippen LogP) is 2.80. The van der Waals surface area contributed by atoms with Crippen LogP contribution in [0.5, 0.6) is 0 Å². The fourth-order valence-electron chi connectivity index (χ4n) is 1.14. The highest BCUT2D eigenvalue weighted by molar-refractivity contribution is 5.44. The Hall–Kier alpha value is -1.16. The molecule has 0 aliphatic heterocycles. The van der Waals surface area contributed by atoms with Gasteiger partial charge in [0, 0.05) is 13.2 Å². The van der Waals surface area contributed by atoms with Crippen molar-refractivity contribution in [2.75, 3.05) is 25.1 Å². The number of benzene rings is 1. The predicted molar refractivity (Wildman–Crippen MR) is 56.0 cm³/mol. The Bertz CT molecular complexity index is 305. The van der Waals surface area contributed by atoms with Crippen molar-refractivity contribution in [3.05, 3.63) is 29.8 Å². The van der Waals surface area contributed by atoms with E-state index in [1.807, 2.05) is 6.92 Å². The van der Waals surface area contributed by atoms with Crippen molar-refractivity contribution < 1.29 is 13.5 Å². The number of hydrogen-bond donors (Lipinski definition) is 1. The Morgan fingerprint density at radius 1 is 1.27 bits per heavy atom. The molecule has 0 bridgehead atoms. The van der Waals surface area contributed by atoms with Gasteiger partial charge in [0.15, 0.2) is 11.6 Å². The van der Waals surface area contributed by atoms with E-state index in [2.05, 4.69) is 5.32 Å². The molecule has 15 heavy (non-hydrogen) atoms. The van der Waals surface area contributed by atoms with Crippen LogP contribution in [0.15, 0.2) is 18.2 Å². The van der Waals surface area contributed by atoms with Crippen molar-refractivity contribution >= 4 is 5.69 Å². The van der Waals surface area contributed by atoms with Gasteiger partial charge in [-0.2, -0.15) is 0 Å². The molecule has 0 spiro atoms. The zero-order valence-electron chi connectivity index (χ0n) is 8.72. The van der Waals surface area contributed by atoms with E-state index < -0.39 is 11.6 Å². The first-order chi connectivity index (χ1) is 7.25. The van der Waals surface area contributed by atoms with Crippen molar-refractivity contribution in [2.24, 2.45) is 0 Å². The SMILES string of the molecule is CCCOCCNc1cccc(F)c1F. The Labute approximate surface area is 88.3 Å². The van der Waals surface area contributed by atoms with E-state index in [-0.39, 0.29) is 5.69 Å². The van der Waals surface area contributed by atoms with Gasteiger partial charge in [-0.3, -0.25) is 0 Å². The van der Waals surface area contributed by atoms with Crippen molar-refractivity contribution in [2.45, 2.75) is 13.3 Å². The molecule has 4 heteroatoms. The van der Waals surface area contributed by atoms with Gasteiger partial charge in [-0.15, -0.1) is 0 Å². The third kappa shape index (κ3) is 3.83. The van der Waals surface area contributed by atoms with E-state index in [0.29, 0.717) is 19.8 Å². The summed E-state index contributed by atoms with van der Waals surface area (Å²) in [6, 6.07) is 4.06. The monoisotopic (exact) mass is 215 g/mol. The zero-order valence-corrected chi connectivity index (χ0v) is 8.72. The molecular weight excluding hydrogens is 200 g/mol. The Morgan fingerprint density at radius 2 is 2.07 bits per heavy atom. The third-order valence-electron chi connectivity index (χ3n) is 1.86. The van der Waals surface area contributed by atoms with Crippen LogP contribution in [0.2, 0.25) is 0 Å². The first-order valence-electron chi connectivity index (χ1n) is 5.01. The molecule has 0 atom stereocenters. The fraction of sp³-hybridized carbons (Fsp3) is 0.455. The average molecular weight is 215 g/mol. The van der Waals surface area contributed by atoms with Crippen LogP contribution in [0.25, 0.3) is 0 Å². The summed E-state index contributed by atoms with van der Waals surface area (Å²) in [7, 11) is 0. The molecule has 0 aliphatic carbocycles. The summed E-state index contributed by atoms with van der Waals surface area (Å²) in [6.45, 7) is 3.66. The van der Waals surface area contributed by atoms with Crippen LogP contribution in [-0.4, -0.2) is 19.8 Å². The van der Waals surface area contributed by atoms with E-state index >= 15 is 0 Å². The molecule has 1 rings (SSSR count). The summed E-state index contributed by atoms with van der Waals surface area (Å²) >= 11 is 0. The van der Waals surface area contributed by atoms with Gasteiger partial charge in [0.25, 0.3) is 0 Å². The fourth-order valence-corrected chi connectivity index (χ4v) is 1.14. The number of halogens is 2. The van der Waals surface area contributed by atoms with Crippen LogP contribution >= 0.6 is 0 Å². The molecule has 2 nitrogen and oxygen atoms in total. The van der Waals surface area contributed by atoms with Crippen molar-refractivity contribution in [1.82, 2.24) is 0 Å². The Morgan fingerprint density at radius 3 is 2.80 bits per heavy atom. The summed E-state index contributed by atoms with van der Waals surface area (Å²) in [5.41, 5.74) is 0.176. The van der Waals surface area contributed by atoms with E-state index in [9.17, 15) is 8.78 Å². The molecule has 0 heterocycles. The highest BCUT2D eigenvalue weighted by Gasteiger charge is 2.05. The molecule has 0 unspecified atom stereocenters. The van der Waals surface area contributed by atoms with E-state index in [1.54, 1.807) is 0 Å². The lowest BCUT2D eigenvalue weighted by atomic mass is 10.3. The average Bonchev–Trinajstić information content (AvgIpc) is 2.24. The minimum atomic E-state index is -0.840. The third-order valence-corrected chi connectivity index (χ3v) is 1.86.